The molecule has 3 nitrogen and oxygen atoms in total. The van der Waals surface area contributed by atoms with E-state index in [0.717, 1.165) is 44.9 Å². The van der Waals surface area contributed by atoms with Gasteiger partial charge >= 0.3 is 0 Å². The van der Waals surface area contributed by atoms with Gasteiger partial charge in [-0.15, -0.1) is 0 Å². The lowest BCUT2D eigenvalue weighted by Crippen LogP contribution is -2.81. The van der Waals surface area contributed by atoms with E-state index in [-0.39, 0.29) is 29.0 Å². The highest BCUT2D eigenvalue weighted by Gasteiger charge is 2.91. The van der Waals surface area contributed by atoms with E-state index in [1.54, 1.807) is 0 Å². The first kappa shape index (κ1) is 18.5. The maximum atomic E-state index is 11.8. The Morgan fingerprint density at radius 2 is 1.88 bits per heavy atom. The maximum Gasteiger partial charge on any atom is 0.102 e. The summed E-state index contributed by atoms with van der Waals surface area (Å²) in [7, 11) is 0. The zero-order chi connectivity index (χ0) is 18.5. The van der Waals surface area contributed by atoms with Gasteiger partial charge in [0.15, 0.2) is 0 Å². The molecule has 1 aromatic carbocycles. The smallest absolute Gasteiger partial charge is 0.102 e. The predicted octanol–water partition coefficient (Wildman–Crippen LogP) is 4.46. The van der Waals surface area contributed by atoms with Gasteiger partial charge in [-0.05, 0) is 36.7 Å². The quantitative estimate of drug-likeness (QED) is 0.757. The molecule has 4 aliphatic carbocycles. The van der Waals surface area contributed by atoms with Crippen LogP contribution in [0.5, 0.6) is 0 Å². The Morgan fingerprint density at radius 1 is 1.15 bits per heavy atom. The molecule has 3 heteroatoms. The van der Waals surface area contributed by atoms with Crippen LogP contribution >= 0.6 is 0 Å². The number of unbranched alkanes of at least 4 members (excludes halogenated alkanes) is 1. The molecular weight excluding hydrogens is 324 g/mol. The van der Waals surface area contributed by atoms with Crippen molar-refractivity contribution in [2.45, 2.75) is 83.5 Å². The summed E-state index contributed by atoms with van der Waals surface area (Å²) in [6.07, 6.45) is 8.69. The van der Waals surface area contributed by atoms with Crippen LogP contribution in [0.1, 0.15) is 70.8 Å². The van der Waals surface area contributed by atoms with Gasteiger partial charge in [0.1, 0.15) is 5.60 Å². The molecule has 0 saturated heterocycles. The van der Waals surface area contributed by atoms with Gasteiger partial charge in [0.25, 0.3) is 0 Å². The van der Waals surface area contributed by atoms with Gasteiger partial charge in [0.2, 0.25) is 0 Å². The summed E-state index contributed by atoms with van der Waals surface area (Å²) in [5.41, 5.74) is -0.180. The van der Waals surface area contributed by atoms with Crippen LogP contribution in [0.25, 0.3) is 0 Å². The SMILES string of the molecule is CCCCC12C[C@H](OCc3ccccc3)C3(CCCC[C@@]13C)C2(O)CO. The summed E-state index contributed by atoms with van der Waals surface area (Å²) in [6, 6.07) is 10.3. The van der Waals surface area contributed by atoms with Crippen molar-refractivity contribution in [2.75, 3.05) is 6.61 Å². The second kappa shape index (κ2) is 6.32. The summed E-state index contributed by atoms with van der Waals surface area (Å²) < 4.78 is 6.50. The lowest BCUT2D eigenvalue weighted by atomic mass is 9.30. The molecule has 1 spiro atoms. The van der Waals surface area contributed by atoms with Crippen LogP contribution in [0.15, 0.2) is 30.3 Å². The Labute approximate surface area is 157 Å². The number of benzene rings is 1. The molecule has 1 aromatic rings. The lowest BCUT2D eigenvalue weighted by molar-refractivity contribution is -0.365. The van der Waals surface area contributed by atoms with E-state index in [1.807, 2.05) is 18.2 Å². The molecule has 0 heterocycles. The average molecular weight is 359 g/mol. The van der Waals surface area contributed by atoms with Crippen molar-refractivity contribution in [3.05, 3.63) is 35.9 Å². The summed E-state index contributed by atoms with van der Waals surface area (Å²) in [6.45, 7) is 5.06. The third-order valence-corrected chi connectivity index (χ3v) is 8.63. The molecule has 26 heavy (non-hydrogen) atoms. The van der Waals surface area contributed by atoms with Crippen LogP contribution in [-0.2, 0) is 11.3 Å². The van der Waals surface area contributed by atoms with E-state index in [9.17, 15) is 10.2 Å². The molecule has 3 unspecified atom stereocenters. The second-order valence-electron chi connectivity index (χ2n) is 9.20. The highest BCUT2D eigenvalue weighted by Crippen LogP contribution is 2.87. The van der Waals surface area contributed by atoms with Crippen molar-refractivity contribution >= 4 is 0 Å². The fraction of sp³-hybridized carbons (Fsp3) is 0.739. The number of aliphatic hydroxyl groups is 2. The average Bonchev–Trinajstić information content (AvgIpc) is 3.05. The van der Waals surface area contributed by atoms with Crippen LogP contribution in [-0.4, -0.2) is 28.5 Å². The largest absolute Gasteiger partial charge is 0.393 e. The van der Waals surface area contributed by atoms with Crippen LogP contribution in [0.3, 0.4) is 0 Å². The Balaban J connectivity index is 1.67. The Bertz CT molecular complexity index is 632. The van der Waals surface area contributed by atoms with Crippen LogP contribution in [0, 0.1) is 16.2 Å². The number of aliphatic hydroxyl groups excluding tert-OH is 1. The molecule has 2 N–H and O–H groups in total. The molecule has 0 amide bonds. The third-order valence-electron chi connectivity index (χ3n) is 8.63. The highest BCUT2D eigenvalue weighted by molar-refractivity contribution is 5.39. The van der Waals surface area contributed by atoms with E-state index in [0.29, 0.717) is 6.61 Å². The predicted molar refractivity (Wildman–Crippen MR) is 103 cm³/mol. The molecule has 0 aliphatic heterocycles. The number of hydrogen-bond donors (Lipinski definition) is 2. The zero-order valence-corrected chi connectivity index (χ0v) is 16.3. The van der Waals surface area contributed by atoms with Crippen molar-refractivity contribution in [2.24, 2.45) is 16.2 Å². The van der Waals surface area contributed by atoms with Crippen molar-refractivity contribution in [1.82, 2.24) is 0 Å². The summed E-state index contributed by atoms with van der Waals surface area (Å²) in [5, 5.41) is 22.1. The third kappa shape index (κ3) is 1.95. The fourth-order valence-corrected chi connectivity index (χ4v) is 7.53. The van der Waals surface area contributed by atoms with E-state index < -0.39 is 5.60 Å². The van der Waals surface area contributed by atoms with Crippen molar-refractivity contribution < 1.29 is 14.9 Å². The minimum atomic E-state index is -0.980. The van der Waals surface area contributed by atoms with Gasteiger partial charge in [0.05, 0.1) is 19.3 Å². The molecule has 144 valence electrons. The Morgan fingerprint density at radius 3 is 2.58 bits per heavy atom. The van der Waals surface area contributed by atoms with Gasteiger partial charge in [-0.2, -0.15) is 0 Å². The number of fused-ring (bicyclic) bond motifs is 1. The molecule has 0 aromatic heterocycles. The van der Waals surface area contributed by atoms with Crippen molar-refractivity contribution in [3.8, 4) is 0 Å². The molecular formula is C23H34O3. The molecule has 5 rings (SSSR count). The van der Waals surface area contributed by atoms with Crippen LogP contribution < -0.4 is 0 Å². The second-order valence-corrected chi connectivity index (χ2v) is 9.20. The van der Waals surface area contributed by atoms with Gasteiger partial charge in [-0.25, -0.2) is 0 Å². The zero-order valence-electron chi connectivity index (χ0n) is 16.3. The maximum absolute atomic E-state index is 11.8. The standard InChI is InChI=1S/C23H34O3/c1-3-4-13-21-15-19(26-16-18-10-6-5-7-11-18)22(23(21,25)17-24)14-9-8-12-20(21,22)2/h5-7,10-11,19,24-25H,3-4,8-9,12-17H2,1-2H3/t19-,20-,21?,22?,23?/m0/s1. The molecule has 4 saturated carbocycles. The van der Waals surface area contributed by atoms with E-state index in [2.05, 4.69) is 26.0 Å². The van der Waals surface area contributed by atoms with E-state index in [1.165, 1.54) is 12.0 Å². The van der Waals surface area contributed by atoms with Gasteiger partial charge in [-0.1, -0.05) is 69.9 Å². The normalized spacial score (nSPS) is 43.8. The van der Waals surface area contributed by atoms with Crippen molar-refractivity contribution in [1.29, 1.82) is 0 Å². The van der Waals surface area contributed by atoms with Gasteiger partial charge < -0.3 is 14.9 Å². The first-order chi connectivity index (χ1) is 12.5. The summed E-state index contributed by atoms with van der Waals surface area (Å²) in [5.74, 6) is 0. The molecule has 5 atom stereocenters. The minimum Gasteiger partial charge on any atom is -0.393 e. The minimum absolute atomic E-state index is 0.0435. The molecule has 4 fully saturated rings. The topological polar surface area (TPSA) is 49.7 Å². The van der Waals surface area contributed by atoms with E-state index >= 15 is 0 Å². The van der Waals surface area contributed by atoms with Gasteiger partial charge in [0, 0.05) is 10.8 Å². The number of hydrogen-bond acceptors (Lipinski definition) is 3. The highest BCUT2D eigenvalue weighted by atomic mass is 16.5. The lowest BCUT2D eigenvalue weighted by Gasteiger charge is -2.76. The summed E-state index contributed by atoms with van der Waals surface area (Å²) in [4.78, 5) is 0. The first-order valence-electron chi connectivity index (χ1n) is 10.5. The fourth-order valence-electron chi connectivity index (χ4n) is 7.53. The summed E-state index contributed by atoms with van der Waals surface area (Å²) >= 11 is 0. The van der Waals surface area contributed by atoms with Gasteiger partial charge in [-0.3, -0.25) is 0 Å². The van der Waals surface area contributed by atoms with Crippen molar-refractivity contribution in [3.63, 3.8) is 0 Å². The number of rotatable bonds is 7. The number of ether oxygens (including phenoxy) is 1. The first-order valence-corrected chi connectivity index (χ1v) is 10.5. The van der Waals surface area contributed by atoms with Crippen LogP contribution in [0.4, 0.5) is 0 Å². The molecule has 4 aliphatic rings. The molecule has 2 bridgehead atoms. The Kier molecular flexibility index (Phi) is 4.49. The van der Waals surface area contributed by atoms with E-state index in [4.69, 9.17) is 4.74 Å². The molecule has 0 radical (unpaired) electrons. The van der Waals surface area contributed by atoms with Crippen LogP contribution in [0.2, 0.25) is 0 Å². The monoisotopic (exact) mass is 358 g/mol. The Hall–Kier alpha value is -0.900.